The summed E-state index contributed by atoms with van der Waals surface area (Å²) >= 11 is 3.45. The molecular weight excluding hydrogens is 320 g/mol. The Labute approximate surface area is 149 Å². The number of unbranched alkanes of at least 4 members (excludes halogenated alkanes) is 6. The Morgan fingerprint density at radius 2 is 1.74 bits per heavy atom. The topological polar surface area (TPSA) is 24.9 Å². The zero-order valence-corrected chi connectivity index (χ0v) is 16.4. The maximum atomic E-state index is 4.67. The summed E-state index contributed by atoms with van der Waals surface area (Å²) in [6.45, 7) is 6.87. The quantitative estimate of drug-likeness (QED) is 0.356. The average Bonchev–Trinajstić information content (AvgIpc) is 2.95. The molecule has 0 saturated heterocycles. The van der Waals surface area contributed by atoms with Gasteiger partial charge in [-0.15, -0.1) is 11.3 Å². The van der Waals surface area contributed by atoms with Crippen LogP contribution in [0.3, 0.4) is 0 Å². The highest BCUT2D eigenvalue weighted by Crippen LogP contribution is 2.29. The summed E-state index contributed by atoms with van der Waals surface area (Å²) in [5, 5.41) is 0. The second-order valence-corrected chi connectivity index (χ2v) is 8.99. The molecule has 2 nitrogen and oxygen atoms in total. The van der Waals surface area contributed by atoms with Crippen molar-refractivity contribution in [3.63, 3.8) is 0 Å². The lowest BCUT2D eigenvalue weighted by molar-refractivity contribution is 0.414. The van der Waals surface area contributed by atoms with Crippen molar-refractivity contribution in [2.45, 2.75) is 82.0 Å². The van der Waals surface area contributed by atoms with Gasteiger partial charge in [0.2, 0.25) is 0 Å². The summed E-state index contributed by atoms with van der Waals surface area (Å²) in [5.41, 5.74) is 1.26. The molecule has 2 aromatic rings. The van der Waals surface area contributed by atoms with Crippen LogP contribution in [-0.4, -0.2) is 10.5 Å². The fourth-order valence-electron chi connectivity index (χ4n) is 2.65. The largest absolute Gasteiger partial charge is 0.252 e. The van der Waals surface area contributed by atoms with Gasteiger partial charge < -0.3 is 0 Å². The van der Waals surface area contributed by atoms with Gasteiger partial charge in [-0.05, 0) is 44.3 Å². The van der Waals surface area contributed by atoms with Crippen molar-refractivity contribution in [3.8, 4) is 0 Å². The van der Waals surface area contributed by atoms with Crippen LogP contribution in [0.1, 0.15) is 72.1 Å². The van der Waals surface area contributed by atoms with Gasteiger partial charge in [0.15, 0.2) is 4.34 Å². The fraction of sp³-hybridized carbons (Fsp3) is 0.632. The van der Waals surface area contributed by atoms with E-state index in [1.807, 2.05) is 6.07 Å². The number of para-hydroxylation sites is 1. The molecule has 0 amide bonds. The molecule has 0 unspecified atom stereocenters. The minimum atomic E-state index is 0.159. The third-order valence-corrected chi connectivity index (χ3v) is 6.35. The summed E-state index contributed by atoms with van der Waals surface area (Å²) in [4.78, 5) is 4.67. The molecule has 0 aliphatic carbocycles. The van der Waals surface area contributed by atoms with Gasteiger partial charge in [0.25, 0.3) is 0 Å². The molecule has 1 aromatic heterocycles. The number of thiazole rings is 1. The van der Waals surface area contributed by atoms with E-state index in [9.17, 15) is 0 Å². The first-order chi connectivity index (χ1) is 11.1. The number of nitrogens with zero attached hydrogens (tertiary/aromatic N) is 1. The van der Waals surface area contributed by atoms with E-state index in [0.717, 1.165) is 9.86 Å². The van der Waals surface area contributed by atoms with Gasteiger partial charge in [-0.1, -0.05) is 64.0 Å². The Bertz CT molecular complexity index is 545. The minimum Gasteiger partial charge on any atom is -0.252 e. The van der Waals surface area contributed by atoms with Crippen LogP contribution < -0.4 is 4.72 Å². The smallest absolute Gasteiger partial charge is 0.166 e. The second kappa shape index (κ2) is 9.65. The van der Waals surface area contributed by atoms with Gasteiger partial charge in [-0.25, -0.2) is 4.98 Å². The van der Waals surface area contributed by atoms with Crippen LogP contribution >= 0.6 is 23.3 Å². The van der Waals surface area contributed by atoms with E-state index < -0.39 is 0 Å². The van der Waals surface area contributed by atoms with Crippen LogP contribution in [0, 0.1) is 0 Å². The number of rotatable bonds is 11. The molecule has 1 heterocycles. The predicted molar refractivity (Wildman–Crippen MR) is 105 cm³/mol. The van der Waals surface area contributed by atoms with Gasteiger partial charge in [-0.2, -0.15) is 0 Å². The molecule has 2 rings (SSSR count). The van der Waals surface area contributed by atoms with Gasteiger partial charge in [0.05, 0.1) is 10.2 Å². The molecule has 0 saturated carbocycles. The van der Waals surface area contributed by atoms with E-state index >= 15 is 0 Å². The van der Waals surface area contributed by atoms with E-state index in [2.05, 4.69) is 48.7 Å². The number of benzene rings is 1. The molecule has 0 aliphatic rings. The molecule has 0 radical (unpaired) electrons. The van der Waals surface area contributed by atoms with E-state index in [1.54, 1.807) is 23.3 Å². The van der Waals surface area contributed by atoms with E-state index in [-0.39, 0.29) is 5.54 Å². The standard InChI is InChI=1S/C19H30N2S2/c1-4-5-6-7-8-9-12-15-19(2,3)21-23-18-20-16-13-10-11-14-17(16)22-18/h10-11,13-14,21H,4-9,12,15H2,1-3H3. The van der Waals surface area contributed by atoms with Gasteiger partial charge in [0.1, 0.15) is 0 Å². The van der Waals surface area contributed by atoms with Crippen LogP contribution in [0.25, 0.3) is 10.2 Å². The Hall–Kier alpha value is -0.580. The summed E-state index contributed by atoms with van der Waals surface area (Å²) in [6, 6.07) is 8.35. The van der Waals surface area contributed by atoms with Crippen LogP contribution in [0.2, 0.25) is 0 Å². The molecule has 0 fully saturated rings. The predicted octanol–water partition coefficient (Wildman–Crippen LogP) is 6.81. The van der Waals surface area contributed by atoms with Crippen LogP contribution in [0.5, 0.6) is 0 Å². The van der Waals surface area contributed by atoms with Gasteiger partial charge >= 0.3 is 0 Å². The number of aromatic nitrogens is 1. The molecule has 0 atom stereocenters. The van der Waals surface area contributed by atoms with Crippen molar-refractivity contribution in [1.29, 1.82) is 0 Å². The highest BCUT2D eigenvalue weighted by atomic mass is 32.2. The molecule has 0 bridgehead atoms. The van der Waals surface area contributed by atoms with Crippen LogP contribution in [-0.2, 0) is 0 Å². The Morgan fingerprint density at radius 3 is 2.48 bits per heavy atom. The molecular formula is C19H30N2S2. The molecule has 1 N–H and O–H groups in total. The summed E-state index contributed by atoms with van der Waals surface area (Å²) in [7, 11) is 0. The van der Waals surface area contributed by atoms with Crippen LogP contribution in [0.4, 0.5) is 0 Å². The van der Waals surface area contributed by atoms with Crippen molar-refractivity contribution < 1.29 is 0 Å². The summed E-state index contributed by atoms with van der Waals surface area (Å²) in [6.07, 6.45) is 10.8. The SMILES string of the molecule is CCCCCCCCCC(C)(C)NSc1nc2ccccc2s1. The number of fused-ring (bicyclic) bond motifs is 1. The Balaban J connectivity index is 1.67. The van der Waals surface area contributed by atoms with Gasteiger partial charge in [0, 0.05) is 5.54 Å². The Morgan fingerprint density at radius 1 is 1.04 bits per heavy atom. The minimum absolute atomic E-state index is 0.159. The van der Waals surface area contributed by atoms with Crippen molar-refractivity contribution in [2.24, 2.45) is 0 Å². The number of nitrogens with one attached hydrogen (secondary N) is 1. The van der Waals surface area contributed by atoms with Crippen molar-refractivity contribution >= 4 is 33.5 Å². The average molecular weight is 351 g/mol. The maximum absolute atomic E-state index is 4.67. The van der Waals surface area contributed by atoms with E-state index in [4.69, 9.17) is 0 Å². The lowest BCUT2D eigenvalue weighted by Gasteiger charge is -2.25. The molecule has 0 aliphatic heterocycles. The number of hydrogen-bond donors (Lipinski definition) is 1. The monoisotopic (exact) mass is 350 g/mol. The molecule has 4 heteroatoms. The van der Waals surface area contributed by atoms with Crippen molar-refractivity contribution in [3.05, 3.63) is 24.3 Å². The fourth-order valence-corrected chi connectivity index (χ4v) is 4.52. The lowest BCUT2D eigenvalue weighted by Crippen LogP contribution is -2.34. The van der Waals surface area contributed by atoms with Crippen molar-refractivity contribution in [1.82, 2.24) is 9.71 Å². The third-order valence-electron chi connectivity index (χ3n) is 4.09. The number of hydrogen-bond acceptors (Lipinski definition) is 4. The zero-order chi connectivity index (χ0) is 16.5. The highest BCUT2D eigenvalue weighted by Gasteiger charge is 2.18. The zero-order valence-electron chi connectivity index (χ0n) is 14.7. The van der Waals surface area contributed by atoms with E-state index in [0.29, 0.717) is 0 Å². The first-order valence-electron chi connectivity index (χ1n) is 8.90. The van der Waals surface area contributed by atoms with Crippen LogP contribution in [0.15, 0.2) is 28.6 Å². The first-order valence-corrected chi connectivity index (χ1v) is 10.5. The van der Waals surface area contributed by atoms with Crippen molar-refractivity contribution in [2.75, 3.05) is 0 Å². The maximum Gasteiger partial charge on any atom is 0.166 e. The van der Waals surface area contributed by atoms with Gasteiger partial charge in [-0.3, -0.25) is 4.72 Å². The normalized spacial score (nSPS) is 12.1. The summed E-state index contributed by atoms with van der Waals surface area (Å²) < 4.78 is 5.99. The second-order valence-electron chi connectivity index (χ2n) is 6.91. The first kappa shape index (κ1) is 18.8. The lowest BCUT2D eigenvalue weighted by atomic mass is 9.97. The molecule has 1 aromatic carbocycles. The summed E-state index contributed by atoms with van der Waals surface area (Å²) in [5.74, 6) is 0. The highest BCUT2D eigenvalue weighted by molar-refractivity contribution is 7.99. The molecule has 128 valence electrons. The molecule has 23 heavy (non-hydrogen) atoms. The third kappa shape index (κ3) is 6.82. The Kier molecular flexibility index (Phi) is 7.87. The molecule has 0 spiro atoms. The van der Waals surface area contributed by atoms with E-state index in [1.165, 1.54) is 56.1 Å².